The zero-order chi connectivity index (χ0) is 11.7. The van der Waals surface area contributed by atoms with Crippen LogP contribution in [0.5, 0.6) is 0 Å². The fourth-order valence-electron chi connectivity index (χ4n) is 1.27. The molecule has 0 rings (SSSR count). The van der Waals surface area contributed by atoms with Crippen molar-refractivity contribution in [1.82, 2.24) is 0 Å². The van der Waals surface area contributed by atoms with Gasteiger partial charge in [-0.2, -0.15) is 8.42 Å². The predicted molar refractivity (Wildman–Crippen MR) is 57.5 cm³/mol. The Kier molecular flexibility index (Phi) is 12.3. The summed E-state index contributed by atoms with van der Waals surface area (Å²) >= 11 is 0. The van der Waals surface area contributed by atoms with E-state index in [2.05, 4.69) is 0 Å². The van der Waals surface area contributed by atoms with Crippen LogP contribution >= 0.6 is 0 Å². The van der Waals surface area contributed by atoms with Crippen molar-refractivity contribution in [1.29, 1.82) is 0 Å². The number of carboxylic acid groups (broad SMARTS) is 1. The summed E-state index contributed by atoms with van der Waals surface area (Å²) in [7, 11) is -3.81. The minimum absolute atomic E-state index is 0. The van der Waals surface area contributed by atoms with Gasteiger partial charge in [0.05, 0.1) is 5.75 Å². The maximum absolute atomic E-state index is 10.3. The number of unbranched alkanes of at least 4 members (excludes halogenated alkanes) is 5. The Morgan fingerprint density at radius 3 is 1.88 bits per heavy atom. The number of aliphatic carboxylic acids is 1. The van der Waals surface area contributed by atoms with Crippen LogP contribution in [0.25, 0.3) is 0 Å². The van der Waals surface area contributed by atoms with Gasteiger partial charge in [-0.1, -0.05) is 25.7 Å². The van der Waals surface area contributed by atoms with Crippen LogP contribution in [-0.2, 0) is 14.9 Å². The Balaban J connectivity index is -0.000000980. The summed E-state index contributed by atoms with van der Waals surface area (Å²) < 4.78 is 29.1. The molecule has 5 nitrogen and oxygen atoms in total. The van der Waals surface area contributed by atoms with E-state index in [4.69, 9.17) is 9.66 Å². The molecular formula is C9H19NaO5S. The van der Waals surface area contributed by atoms with Crippen molar-refractivity contribution >= 4 is 16.1 Å². The minimum atomic E-state index is -3.81. The van der Waals surface area contributed by atoms with Crippen molar-refractivity contribution in [2.45, 2.75) is 44.9 Å². The monoisotopic (exact) mass is 262 g/mol. The first-order valence-corrected chi connectivity index (χ1v) is 6.70. The van der Waals surface area contributed by atoms with Crippen molar-refractivity contribution in [3.05, 3.63) is 0 Å². The van der Waals surface area contributed by atoms with Gasteiger partial charge in [0, 0.05) is 6.42 Å². The standard InChI is InChI=1S/C9H18O5S.Na.H/c10-9(11)7-5-3-1-2-4-6-8-15(12,13)14;;/h1-8H2,(H,10,11)(H,12,13,14);;/q;+1;-1. The Morgan fingerprint density at radius 1 is 1.00 bits per heavy atom. The van der Waals surface area contributed by atoms with E-state index in [1.165, 1.54) is 0 Å². The molecule has 0 heterocycles. The molecule has 0 fully saturated rings. The van der Waals surface area contributed by atoms with E-state index in [1.807, 2.05) is 0 Å². The molecule has 0 saturated carbocycles. The van der Waals surface area contributed by atoms with Gasteiger partial charge in [-0.05, 0) is 12.8 Å². The molecule has 0 aromatic heterocycles. The molecule has 0 saturated heterocycles. The van der Waals surface area contributed by atoms with E-state index in [-0.39, 0.29) is 43.2 Å². The van der Waals surface area contributed by atoms with Crippen LogP contribution in [-0.4, -0.2) is 29.8 Å². The number of carbonyl (C=O) groups is 1. The molecule has 0 spiro atoms. The normalized spacial score (nSPS) is 10.8. The third-order valence-electron chi connectivity index (χ3n) is 2.04. The fourth-order valence-corrected chi connectivity index (χ4v) is 1.84. The molecule has 0 bridgehead atoms. The van der Waals surface area contributed by atoms with E-state index < -0.39 is 16.1 Å². The van der Waals surface area contributed by atoms with Gasteiger partial charge in [-0.25, -0.2) is 0 Å². The first-order valence-electron chi connectivity index (χ1n) is 5.09. The van der Waals surface area contributed by atoms with Gasteiger partial charge in [-0.15, -0.1) is 0 Å². The van der Waals surface area contributed by atoms with Crippen molar-refractivity contribution in [2.24, 2.45) is 0 Å². The molecular weight excluding hydrogens is 243 g/mol. The molecule has 0 atom stereocenters. The summed E-state index contributed by atoms with van der Waals surface area (Å²) in [5, 5.41) is 8.35. The van der Waals surface area contributed by atoms with Gasteiger partial charge < -0.3 is 6.53 Å². The summed E-state index contributed by atoms with van der Waals surface area (Å²) in [6, 6.07) is 0. The minimum Gasteiger partial charge on any atom is -1.00 e. The van der Waals surface area contributed by atoms with Crippen molar-refractivity contribution < 1.29 is 53.9 Å². The SMILES string of the molecule is O=C(O)CCCCCCCCS(=O)(=O)O.[H-].[Na+]. The van der Waals surface area contributed by atoms with Gasteiger partial charge in [0.25, 0.3) is 10.1 Å². The van der Waals surface area contributed by atoms with E-state index in [0.29, 0.717) is 12.8 Å². The third kappa shape index (κ3) is 16.8. The fraction of sp³-hybridized carbons (Fsp3) is 0.889. The average Bonchev–Trinajstić information content (AvgIpc) is 2.07. The zero-order valence-electron chi connectivity index (χ0n) is 10.7. The summed E-state index contributed by atoms with van der Waals surface area (Å²) in [5.41, 5.74) is 0. The van der Waals surface area contributed by atoms with Gasteiger partial charge in [-0.3, -0.25) is 9.35 Å². The molecule has 0 aromatic rings. The van der Waals surface area contributed by atoms with Crippen LogP contribution < -0.4 is 29.6 Å². The summed E-state index contributed by atoms with van der Waals surface area (Å²) in [6.07, 6.45) is 4.76. The molecule has 0 aliphatic carbocycles. The number of rotatable bonds is 9. The van der Waals surface area contributed by atoms with E-state index in [0.717, 1.165) is 25.7 Å². The maximum Gasteiger partial charge on any atom is 1.00 e. The number of hydrogen-bond donors (Lipinski definition) is 2. The molecule has 7 heteroatoms. The van der Waals surface area contributed by atoms with Gasteiger partial charge in [0.15, 0.2) is 0 Å². The molecule has 0 aliphatic rings. The smallest absolute Gasteiger partial charge is 1.00 e. The van der Waals surface area contributed by atoms with Crippen LogP contribution in [0.3, 0.4) is 0 Å². The Labute approximate surface area is 120 Å². The van der Waals surface area contributed by atoms with Crippen molar-refractivity contribution in [3.63, 3.8) is 0 Å². The first kappa shape index (κ1) is 18.7. The Hall–Kier alpha value is 0.380. The molecule has 2 N–H and O–H groups in total. The summed E-state index contributed by atoms with van der Waals surface area (Å²) in [6.45, 7) is 0. The molecule has 0 unspecified atom stereocenters. The van der Waals surface area contributed by atoms with E-state index in [9.17, 15) is 13.2 Å². The third-order valence-corrected chi connectivity index (χ3v) is 2.85. The van der Waals surface area contributed by atoms with Gasteiger partial charge in [0.2, 0.25) is 0 Å². The predicted octanol–water partition coefficient (Wildman–Crippen LogP) is -1.19. The molecule has 0 aromatic carbocycles. The van der Waals surface area contributed by atoms with Gasteiger partial charge in [0.1, 0.15) is 0 Å². The Morgan fingerprint density at radius 2 is 1.44 bits per heavy atom. The topological polar surface area (TPSA) is 91.7 Å². The van der Waals surface area contributed by atoms with Gasteiger partial charge >= 0.3 is 35.5 Å². The Bertz CT molecular complexity index is 281. The van der Waals surface area contributed by atoms with Crippen LogP contribution in [0.2, 0.25) is 0 Å². The first-order chi connectivity index (χ1) is 6.92. The second-order valence-corrected chi connectivity index (χ2v) is 5.12. The van der Waals surface area contributed by atoms with Crippen molar-refractivity contribution in [2.75, 3.05) is 5.75 Å². The van der Waals surface area contributed by atoms with E-state index in [1.54, 1.807) is 0 Å². The van der Waals surface area contributed by atoms with Crippen LogP contribution in [0.1, 0.15) is 46.4 Å². The van der Waals surface area contributed by atoms with E-state index >= 15 is 0 Å². The van der Waals surface area contributed by atoms with Crippen molar-refractivity contribution in [3.8, 4) is 0 Å². The molecule has 0 amide bonds. The summed E-state index contributed by atoms with van der Waals surface area (Å²) in [5.74, 6) is -0.955. The zero-order valence-corrected chi connectivity index (χ0v) is 12.5. The molecule has 16 heavy (non-hydrogen) atoms. The van der Waals surface area contributed by atoms with Crippen LogP contribution in [0.4, 0.5) is 0 Å². The largest absolute Gasteiger partial charge is 1.00 e. The molecule has 0 aliphatic heterocycles. The second-order valence-electron chi connectivity index (χ2n) is 3.55. The number of hydrogen-bond acceptors (Lipinski definition) is 3. The summed E-state index contributed by atoms with van der Waals surface area (Å²) in [4.78, 5) is 10.2. The quantitative estimate of drug-likeness (QED) is 0.309. The van der Waals surface area contributed by atoms with Crippen LogP contribution in [0.15, 0.2) is 0 Å². The maximum atomic E-state index is 10.3. The molecule has 92 valence electrons. The number of carboxylic acids is 1. The van der Waals surface area contributed by atoms with Crippen LogP contribution in [0, 0.1) is 0 Å². The molecule has 0 radical (unpaired) electrons. The average molecular weight is 262 g/mol. The second kappa shape index (κ2) is 10.5.